The largest absolute Gasteiger partial charge is 0.497 e. The number of hydrogen-bond donors (Lipinski definition) is 0. The maximum absolute atomic E-state index is 6.07. The van der Waals surface area contributed by atoms with Crippen LogP contribution in [-0.2, 0) is 17.9 Å². The van der Waals surface area contributed by atoms with Crippen molar-refractivity contribution in [2.75, 3.05) is 7.11 Å². The van der Waals surface area contributed by atoms with Gasteiger partial charge in [0.15, 0.2) is 5.69 Å². The number of hydrogen-bond acceptors (Lipinski definition) is 7. The highest BCUT2D eigenvalue weighted by molar-refractivity contribution is 5.58. The van der Waals surface area contributed by atoms with Crippen LogP contribution in [0, 0.1) is 0 Å². The molecule has 0 unspecified atom stereocenters. The van der Waals surface area contributed by atoms with Crippen LogP contribution in [0.15, 0.2) is 59.6 Å². The molecule has 0 aliphatic carbocycles. The smallest absolute Gasteiger partial charge is 0.278 e. The van der Waals surface area contributed by atoms with Crippen LogP contribution in [-0.4, -0.2) is 31.8 Å². The second-order valence-corrected chi connectivity index (χ2v) is 6.43. The van der Waals surface area contributed by atoms with Gasteiger partial charge in [0.25, 0.3) is 5.89 Å². The summed E-state index contributed by atoms with van der Waals surface area (Å²) in [6.45, 7) is 1.08. The second kappa shape index (κ2) is 6.90. The van der Waals surface area contributed by atoms with Gasteiger partial charge < -0.3 is 18.6 Å². The summed E-state index contributed by atoms with van der Waals surface area (Å²) in [6.07, 6.45) is 5.14. The first-order valence-electron chi connectivity index (χ1n) is 8.86. The molecule has 0 radical (unpaired) electrons. The summed E-state index contributed by atoms with van der Waals surface area (Å²) >= 11 is 0. The Balaban J connectivity index is 1.39. The maximum Gasteiger partial charge on any atom is 0.278 e. The lowest BCUT2D eigenvalue weighted by Gasteiger charge is -2.25. The summed E-state index contributed by atoms with van der Waals surface area (Å²) < 4.78 is 18.8. The molecule has 5 rings (SSSR count). The van der Waals surface area contributed by atoms with Crippen molar-refractivity contribution in [3.8, 4) is 28.7 Å². The van der Waals surface area contributed by atoms with Crippen LogP contribution in [0.1, 0.15) is 17.4 Å². The lowest BCUT2D eigenvalue weighted by molar-refractivity contribution is 0.00328. The maximum atomic E-state index is 6.07. The van der Waals surface area contributed by atoms with Gasteiger partial charge in [0.2, 0.25) is 5.82 Å². The lowest BCUT2D eigenvalue weighted by Crippen LogP contribution is -2.20. The fourth-order valence-electron chi connectivity index (χ4n) is 3.26. The monoisotopic (exact) mass is 375 g/mol. The van der Waals surface area contributed by atoms with Crippen LogP contribution >= 0.6 is 0 Å². The standard InChI is InChI=1S/C20H17N5O3/c1-26-15-6-4-13(5-7-15)17-10-25-12-22-18(16(25)11-27-17)20-23-19(24-28-20)14-3-2-8-21-9-14/h2-9,12,17H,10-11H2,1H3/t17-/m0/s1. The Kier molecular flexibility index (Phi) is 4.10. The number of pyridine rings is 1. The summed E-state index contributed by atoms with van der Waals surface area (Å²) in [5.74, 6) is 1.68. The SMILES string of the molecule is COc1ccc([C@@H]2Cn3cnc(-c4nc(-c5cccnc5)no4)c3CO2)cc1. The van der Waals surface area contributed by atoms with Crippen LogP contribution in [0.4, 0.5) is 0 Å². The Labute approximate surface area is 160 Å². The third-order valence-corrected chi connectivity index (χ3v) is 4.77. The van der Waals surface area contributed by atoms with E-state index in [4.69, 9.17) is 14.0 Å². The van der Waals surface area contributed by atoms with Crippen molar-refractivity contribution in [1.82, 2.24) is 24.7 Å². The zero-order valence-electron chi connectivity index (χ0n) is 15.1. The zero-order valence-corrected chi connectivity index (χ0v) is 15.1. The molecule has 8 nitrogen and oxygen atoms in total. The fourth-order valence-corrected chi connectivity index (χ4v) is 3.26. The highest BCUT2D eigenvalue weighted by atomic mass is 16.5. The minimum absolute atomic E-state index is 0.0471. The van der Waals surface area contributed by atoms with Gasteiger partial charge in [-0.1, -0.05) is 17.3 Å². The van der Waals surface area contributed by atoms with E-state index < -0.39 is 0 Å². The Bertz CT molecular complexity index is 1090. The molecule has 0 N–H and O–H groups in total. The molecule has 1 aliphatic rings. The number of ether oxygens (including phenoxy) is 2. The van der Waals surface area contributed by atoms with Crippen LogP contribution in [0.3, 0.4) is 0 Å². The Morgan fingerprint density at radius 3 is 2.86 bits per heavy atom. The van der Waals surface area contributed by atoms with E-state index >= 15 is 0 Å². The van der Waals surface area contributed by atoms with E-state index in [1.807, 2.05) is 36.4 Å². The Morgan fingerprint density at radius 2 is 2.07 bits per heavy atom. The van der Waals surface area contributed by atoms with Gasteiger partial charge in [-0.2, -0.15) is 4.98 Å². The summed E-state index contributed by atoms with van der Waals surface area (Å²) in [5.41, 5.74) is 3.46. The number of rotatable bonds is 4. The van der Waals surface area contributed by atoms with Crippen LogP contribution in [0.25, 0.3) is 23.0 Å². The van der Waals surface area contributed by atoms with Crippen molar-refractivity contribution in [3.63, 3.8) is 0 Å². The number of methoxy groups -OCH3 is 1. The highest BCUT2D eigenvalue weighted by Crippen LogP contribution is 2.32. The normalized spacial score (nSPS) is 16.0. The fraction of sp³-hybridized carbons (Fsp3) is 0.200. The van der Waals surface area contributed by atoms with E-state index in [2.05, 4.69) is 24.7 Å². The molecule has 0 spiro atoms. The average Bonchev–Trinajstić information content (AvgIpc) is 3.41. The molecule has 0 saturated heterocycles. The predicted octanol–water partition coefficient (Wildman–Crippen LogP) is 3.28. The molecule has 0 amide bonds. The molecule has 0 bridgehead atoms. The minimum Gasteiger partial charge on any atom is -0.497 e. The molecule has 1 aliphatic heterocycles. The molecule has 8 heteroatoms. The van der Waals surface area contributed by atoms with Crippen molar-refractivity contribution in [2.45, 2.75) is 19.3 Å². The second-order valence-electron chi connectivity index (χ2n) is 6.43. The zero-order chi connectivity index (χ0) is 18.9. The molecule has 0 fully saturated rings. The van der Waals surface area contributed by atoms with Gasteiger partial charge in [-0.25, -0.2) is 4.98 Å². The van der Waals surface area contributed by atoms with E-state index in [0.29, 0.717) is 30.6 Å². The first-order valence-corrected chi connectivity index (χ1v) is 8.86. The predicted molar refractivity (Wildman–Crippen MR) is 99.3 cm³/mol. The van der Waals surface area contributed by atoms with Gasteiger partial charge in [-0.15, -0.1) is 0 Å². The third-order valence-electron chi connectivity index (χ3n) is 4.77. The van der Waals surface area contributed by atoms with E-state index in [0.717, 1.165) is 22.6 Å². The lowest BCUT2D eigenvalue weighted by atomic mass is 10.1. The van der Waals surface area contributed by atoms with Crippen molar-refractivity contribution in [2.24, 2.45) is 0 Å². The first-order chi connectivity index (χ1) is 13.8. The number of imidazole rings is 1. The molecule has 4 heterocycles. The van der Waals surface area contributed by atoms with E-state index in [1.54, 1.807) is 25.8 Å². The Morgan fingerprint density at radius 1 is 1.18 bits per heavy atom. The molecular weight excluding hydrogens is 358 g/mol. The number of fused-ring (bicyclic) bond motifs is 1. The van der Waals surface area contributed by atoms with Crippen molar-refractivity contribution < 1.29 is 14.0 Å². The third kappa shape index (κ3) is 2.93. The highest BCUT2D eigenvalue weighted by Gasteiger charge is 2.26. The van der Waals surface area contributed by atoms with Crippen LogP contribution in [0.2, 0.25) is 0 Å². The molecule has 1 aromatic carbocycles. The quantitative estimate of drug-likeness (QED) is 0.541. The number of aromatic nitrogens is 5. The summed E-state index contributed by atoms with van der Waals surface area (Å²) in [6, 6.07) is 11.6. The summed E-state index contributed by atoms with van der Waals surface area (Å²) in [5, 5.41) is 4.04. The molecular formula is C20H17N5O3. The van der Waals surface area contributed by atoms with Crippen molar-refractivity contribution >= 4 is 0 Å². The van der Waals surface area contributed by atoms with Gasteiger partial charge in [0.1, 0.15) is 11.9 Å². The first kappa shape index (κ1) is 16.6. The van der Waals surface area contributed by atoms with Gasteiger partial charge in [0.05, 0.1) is 32.3 Å². The summed E-state index contributed by atoms with van der Waals surface area (Å²) in [4.78, 5) is 13.0. The van der Waals surface area contributed by atoms with E-state index in [9.17, 15) is 0 Å². The molecule has 4 aromatic rings. The Hall–Kier alpha value is -3.52. The van der Waals surface area contributed by atoms with Crippen LogP contribution < -0.4 is 4.74 Å². The van der Waals surface area contributed by atoms with E-state index in [-0.39, 0.29) is 6.10 Å². The van der Waals surface area contributed by atoms with Gasteiger partial charge in [0, 0.05) is 18.0 Å². The van der Waals surface area contributed by atoms with Gasteiger partial charge in [-0.3, -0.25) is 4.98 Å². The van der Waals surface area contributed by atoms with Crippen LogP contribution in [0.5, 0.6) is 5.75 Å². The van der Waals surface area contributed by atoms with Crippen molar-refractivity contribution in [1.29, 1.82) is 0 Å². The molecule has 0 saturated carbocycles. The number of benzene rings is 1. The topological polar surface area (TPSA) is 88.1 Å². The van der Waals surface area contributed by atoms with Gasteiger partial charge >= 0.3 is 0 Å². The molecule has 1 atom stereocenters. The van der Waals surface area contributed by atoms with Crippen molar-refractivity contribution in [3.05, 3.63) is 66.4 Å². The molecule has 3 aromatic heterocycles. The molecule has 140 valence electrons. The average molecular weight is 375 g/mol. The number of nitrogens with zero attached hydrogens (tertiary/aromatic N) is 5. The van der Waals surface area contributed by atoms with Gasteiger partial charge in [-0.05, 0) is 29.8 Å². The van der Waals surface area contributed by atoms with E-state index in [1.165, 1.54) is 0 Å². The summed E-state index contributed by atoms with van der Waals surface area (Å²) in [7, 11) is 1.66. The minimum atomic E-state index is -0.0471. The molecule has 28 heavy (non-hydrogen) atoms.